The highest BCUT2D eigenvalue weighted by atomic mass is 35.5. The number of carbonyl (C=O) groups excluding carboxylic acids is 2. The molecule has 0 spiro atoms. The Labute approximate surface area is 183 Å². The molecular weight excluding hydrogens is 421 g/mol. The first-order chi connectivity index (χ1) is 15.0. The number of halogens is 2. The number of hydrogen-bond acceptors (Lipinski definition) is 4. The molecule has 0 unspecified atom stereocenters. The number of nitrogens with zero attached hydrogens (tertiary/aromatic N) is 3. The number of likely N-dealkylation sites (tertiary alicyclic amines) is 1. The van der Waals surface area contributed by atoms with Crippen LogP contribution in [0.4, 0.5) is 4.39 Å². The molecule has 3 aromatic rings. The zero-order chi connectivity index (χ0) is 22.0. The SMILES string of the molecule is O=C1C(=O)N(CCCn2ccnc2)[C@H](c2ccc(Cl)cc2)C1=C(O)c1ccc(F)cc1. The molecule has 1 fully saturated rings. The van der Waals surface area contributed by atoms with Gasteiger partial charge in [-0.1, -0.05) is 23.7 Å². The monoisotopic (exact) mass is 439 g/mol. The van der Waals surface area contributed by atoms with Crippen LogP contribution in [0.3, 0.4) is 0 Å². The molecule has 1 aliphatic rings. The summed E-state index contributed by atoms with van der Waals surface area (Å²) in [6.07, 6.45) is 5.76. The minimum absolute atomic E-state index is 0.0263. The van der Waals surface area contributed by atoms with Crippen LogP contribution in [0.5, 0.6) is 0 Å². The van der Waals surface area contributed by atoms with E-state index in [-0.39, 0.29) is 16.9 Å². The first-order valence-electron chi connectivity index (χ1n) is 9.71. The van der Waals surface area contributed by atoms with Crippen LogP contribution < -0.4 is 0 Å². The molecule has 158 valence electrons. The number of amides is 1. The van der Waals surface area contributed by atoms with Gasteiger partial charge in [-0.3, -0.25) is 9.59 Å². The van der Waals surface area contributed by atoms with Crippen LogP contribution in [0.25, 0.3) is 5.76 Å². The first kappa shape index (κ1) is 20.8. The molecule has 2 heterocycles. The Morgan fingerprint density at radius 3 is 2.42 bits per heavy atom. The van der Waals surface area contributed by atoms with Gasteiger partial charge in [0.25, 0.3) is 11.7 Å². The number of imidazole rings is 1. The van der Waals surface area contributed by atoms with E-state index in [4.69, 9.17) is 11.6 Å². The molecule has 1 saturated heterocycles. The lowest BCUT2D eigenvalue weighted by atomic mass is 9.95. The second kappa shape index (κ2) is 8.73. The number of hydrogen-bond donors (Lipinski definition) is 1. The number of aliphatic hydroxyl groups is 1. The van der Waals surface area contributed by atoms with Crippen LogP contribution in [0, 0.1) is 5.82 Å². The van der Waals surface area contributed by atoms with Gasteiger partial charge in [0, 0.05) is 36.1 Å². The molecule has 2 aromatic carbocycles. The van der Waals surface area contributed by atoms with Gasteiger partial charge < -0.3 is 14.6 Å². The van der Waals surface area contributed by atoms with Gasteiger partial charge >= 0.3 is 0 Å². The van der Waals surface area contributed by atoms with E-state index in [2.05, 4.69) is 4.98 Å². The van der Waals surface area contributed by atoms with Crippen molar-refractivity contribution in [2.24, 2.45) is 0 Å². The maximum Gasteiger partial charge on any atom is 0.295 e. The third kappa shape index (κ3) is 4.22. The lowest BCUT2D eigenvalue weighted by Crippen LogP contribution is -2.31. The highest BCUT2D eigenvalue weighted by molar-refractivity contribution is 6.46. The summed E-state index contributed by atoms with van der Waals surface area (Å²) in [4.78, 5) is 31.2. The summed E-state index contributed by atoms with van der Waals surface area (Å²) in [7, 11) is 0. The second-order valence-corrected chi connectivity index (χ2v) is 7.64. The van der Waals surface area contributed by atoms with Crippen molar-refractivity contribution in [3.63, 3.8) is 0 Å². The molecule has 6 nitrogen and oxygen atoms in total. The smallest absolute Gasteiger partial charge is 0.295 e. The van der Waals surface area contributed by atoms with E-state index in [0.717, 1.165) is 0 Å². The predicted octanol–water partition coefficient (Wildman–Crippen LogP) is 4.19. The van der Waals surface area contributed by atoms with Crippen molar-refractivity contribution in [3.05, 3.63) is 94.8 Å². The van der Waals surface area contributed by atoms with Gasteiger partial charge in [0.05, 0.1) is 17.9 Å². The fourth-order valence-corrected chi connectivity index (χ4v) is 3.83. The zero-order valence-electron chi connectivity index (χ0n) is 16.4. The largest absolute Gasteiger partial charge is 0.507 e. The topological polar surface area (TPSA) is 75.4 Å². The maximum absolute atomic E-state index is 13.3. The summed E-state index contributed by atoms with van der Waals surface area (Å²) in [6, 6.07) is 11.1. The first-order valence-corrected chi connectivity index (χ1v) is 10.1. The predicted molar refractivity (Wildman–Crippen MR) is 114 cm³/mol. The standard InChI is InChI=1S/C23H19ClFN3O3/c24-17-6-2-15(3-7-17)20-19(21(29)16-4-8-18(25)9-5-16)22(30)23(31)28(20)12-1-11-27-13-10-26-14-27/h2-10,13-14,20,29H,1,11-12H2/t20-/m1/s1. The summed E-state index contributed by atoms with van der Waals surface area (Å²) in [5.41, 5.74) is 0.883. The van der Waals surface area contributed by atoms with Gasteiger partial charge in [-0.15, -0.1) is 0 Å². The molecule has 1 N–H and O–H groups in total. The van der Waals surface area contributed by atoms with Gasteiger partial charge in [-0.2, -0.15) is 0 Å². The van der Waals surface area contributed by atoms with Crippen LogP contribution in [0.1, 0.15) is 23.6 Å². The number of ketones is 1. The highest BCUT2D eigenvalue weighted by Crippen LogP contribution is 2.39. The van der Waals surface area contributed by atoms with E-state index in [1.807, 2.05) is 10.8 Å². The molecule has 1 amide bonds. The van der Waals surface area contributed by atoms with Crippen molar-refractivity contribution < 1.29 is 19.1 Å². The van der Waals surface area contributed by atoms with Crippen molar-refractivity contribution in [2.45, 2.75) is 19.0 Å². The summed E-state index contributed by atoms with van der Waals surface area (Å²) in [5, 5.41) is 11.4. The van der Waals surface area contributed by atoms with E-state index in [9.17, 15) is 19.1 Å². The van der Waals surface area contributed by atoms with Crippen LogP contribution in [-0.2, 0) is 16.1 Å². The molecule has 0 radical (unpaired) electrons. The van der Waals surface area contributed by atoms with E-state index < -0.39 is 23.5 Å². The molecular formula is C23H19ClFN3O3. The Hall–Kier alpha value is -3.45. The minimum Gasteiger partial charge on any atom is -0.507 e. The fraction of sp³-hybridized carbons (Fsp3) is 0.174. The highest BCUT2D eigenvalue weighted by Gasteiger charge is 2.45. The average Bonchev–Trinajstić information content (AvgIpc) is 3.37. The molecule has 4 rings (SSSR count). The number of aryl methyl sites for hydroxylation is 1. The molecule has 1 aliphatic heterocycles. The maximum atomic E-state index is 13.3. The Bertz CT molecular complexity index is 1130. The van der Waals surface area contributed by atoms with Crippen LogP contribution in [0.15, 0.2) is 72.8 Å². The molecule has 1 aromatic heterocycles. The Morgan fingerprint density at radius 2 is 1.77 bits per heavy atom. The lowest BCUT2D eigenvalue weighted by molar-refractivity contribution is -0.139. The van der Waals surface area contributed by atoms with Gasteiger partial charge in [0.15, 0.2) is 0 Å². The Balaban J connectivity index is 1.72. The molecule has 31 heavy (non-hydrogen) atoms. The van der Waals surface area contributed by atoms with Gasteiger partial charge in [-0.05, 0) is 48.4 Å². The third-order valence-corrected chi connectivity index (χ3v) is 5.47. The van der Waals surface area contributed by atoms with E-state index in [1.165, 1.54) is 29.2 Å². The second-order valence-electron chi connectivity index (χ2n) is 7.20. The normalized spacial score (nSPS) is 18.0. The summed E-state index contributed by atoms with van der Waals surface area (Å²) >= 11 is 6.01. The summed E-state index contributed by atoms with van der Waals surface area (Å²) in [5.74, 6) is -2.26. The quantitative estimate of drug-likeness (QED) is 0.355. The van der Waals surface area contributed by atoms with Crippen LogP contribution in [-0.4, -0.2) is 37.8 Å². The van der Waals surface area contributed by atoms with Gasteiger partial charge in [0.2, 0.25) is 0 Å². The fourth-order valence-electron chi connectivity index (χ4n) is 3.71. The van der Waals surface area contributed by atoms with Crippen molar-refractivity contribution in [1.82, 2.24) is 14.5 Å². The minimum atomic E-state index is -0.774. The van der Waals surface area contributed by atoms with E-state index in [1.54, 1.807) is 36.8 Å². The number of Topliss-reactive ketones (excluding diaryl/α,β-unsaturated/α-hetero) is 1. The molecule has 1 atom stereocenters. The number of benzene rings is 2. The van der Waals surface area contributed by atoms with Crippen LogP contribution >= 0.6 is 11.6 Å². The van der Waals surface area contributed by atoms with Crippen molar-refractivity contribution >= 4 is 29.1 Å². The average molecular weight is 440 g/mol. The molecule has 0 saturated carbocycles. The van der Waals surface area contributed by atoms with Crippen molar-refractivity contribution in [3.8, 4) is 0 Å². The number of rotatable bonds is 6. The van der Waals surface area contributed by atoms with Gasteiger partial charge in [0.1, 0.15) is 11.6 Å². The van der Waals surface area contributed by atoms with E-state index >= 15 is 0 Å². The molecule has 0 bridgehead atoms. The van der Waals surface area contributed by atoms with Crippen molar-refractivity contribution in [2.75, 3.05) is 6.54 Å². The lowest BCUT2D eigenvalue weighted by Gasteiger charge is -2.25. The summed E-state index contributed by atoms with van der Waals surface area (Å²) in [6.45, 7) is 0.921. The molecule has 8 heteroatoms. The van der Waals surface area contributed by atoms with E-state index in [0.29, 0.717) is 30.1 Å². The third-order valence-electron chi connectivity index (χ3n) is 5.22. The van der Waals surface area contributed by atoms with Gasteiger partial charge in [-0.25, -0.2) is 9.37 Å². The zero-order valence-corrected chi connectivity index (χ0v) is 17.2. The Kier molecular flexibility index (Phi) is 5.86. The van der Waals surface area contributed by atoms with Crippen molar-refractivity contribution in [1.29, 1.82) is 0 Å². The van der Waals surface area contributed by atoms with Crippen LogP contribution in [0.2, 0.25) is 5.02 Å². The molecule has 0 aliphatic carbocycles. The summed E-state index contributed by atoms with van der Waals surface area (Å²) < 4.78 is 15.2. The number of carbonyl (C=O) groups is 2. The number of aromatic nitrogens is 2. The number of aliphatic hydroxyl groups excluding tert-OH is 1. The Morgan fingerprint density at radius 1 is 1.06 bits per heavy atom.